The third-order valence-corrected chi connectivity index (χ3v) is 3.54. The SMILES string of the molecule is Oc1ccc(Cl)cc1CNCC1CCC(O)C1. The van der Waals surface area contributed by atoms with Gasteiger partial charge in [0.05, 0.1) is 6.10 Å². The molecule has 2 rings (SSSR count). The number of nitrogens with one attached hydrogen (secondary N) is 1. The summed E-state index contributed by atoms with van der Waals surface area (Å²) in [7, 11) is 0. The van der Waals surface area contributed by atoms with E-state index < -0.39 is 0 Å². The van der Waals surface area contributed by atoms with E-state index >= 15 is 0 Å². The minimum Gasteiger partial charge on any atom is -0.508 e. The Labute approximate surface area is 106 Å². The first-order valence-electron chi connectivity index (χ1n) is 6.01. The Hall–Kier alpha value is -0.770. The first-order chi connectivity index (χ1) is 8.15. The summed E-state index contributed by atoms with van der Waals surface area (Å²) < 4.78 is 0. The van der Waals surface area contributed by atoms with E-state index in [0.717, 1.165) is 31.4 Å². The second-order valence-electron chi connectivity index (χ2n) is 4.74. The van der Waals surface area contributed by atoms with Crippen LogP contribution in [0, 0.1) is 5.92 Å². The molecule has 0 amide bonds. The summed E-state index contributed by atoms with van der Waals surface area (Å²) in [6.45, 7) is 1.49. The molecule has 0 saturated heterocycles. The van der Waals surface area contributed by atoms with Crippen molar-refractivity contribution in [3.05, 3.63) is 28.8 Å². The molecule has 1 aliphatic carbocycles. The number of hydrogen-bond donors (Lipinski definition) is 3. The average molecular weight is 256 g/mol. The molecule has 2 unspecified atom stereocenters. The van der Waals surface area contributed by atoms with Crippen LogP contribution in [0.5, 0.6) is 5.75 Å². The Morgan fingerprint density at radius 2 is 2.18 bits per heavy atom. The zero-order valence-corrected chi connectivity index (χ0v) is 10.5. The fourth-order valence-corrected chi connectivity index (χ4v) is 2.54. The van der Waals surface area contributed by atoms with Crippen LogP contribution >= 0.6 is 11.6 Å². The summed E-state index contributed by atoms with van der Waals surface area (Å²) in [4.78, 5) is 0. The van der Waals surface area contributed by atoms with E-state index in [0.29, 0.717) is 17.5 Å². The van der Waals surface area contributed by atoms with Crippen LogP contribution in [0.15, 0.2) is 18.2 Å². The molecular formula is C13H18ClNO2. The molecule has 94 valence electrons. The number of halogens is 1. The molecule has 0 aliphatic heterocycles. The van der Waals surface area contributed by atoms with Crippen molar-refractivity contribution in [2.75, 3.05) is 6.54 Å². The molecule has 1 aliphatic rings. The summed E-state index contributed by atoms with van der Waals surface area (Å²) in [5.74, 6) is 0.819. The van der Waals surface area contributed by atoms with Crippen LogP contribution in [-0.4, -0.2) is 22.9 Å². The zero-order chi connectivity index (χ0) is 12.3. The Bertz CT molecular complexity index is 384. The van der Waals surface area contributed by atoms with Gasteiger partial charge in [0.2, 0.25) is 0 Å². The van der Waals surface area contributed by atoms with Crippen LogP contribution < -0.4 is 5.32 Å². The van der Waals surface area contributed by atoms with E-state index in [4.69, 9.17) is 11.6 Å². The molecule has 1 aromatic rings. The standard InChI is InChI=1S/C13H18ClNO2/c14-11-2-4-13(17)10(6-11)8-15-7-9-1-3-12(16)5-9/h2,4,6,9,12,15-17H,1,3,5,7-8H2. The van der Waals surface area contributed by atoms with Gasteiger partial charge in [0, 0.05) is 17.1 Å². The summed E-state index contributed by atoms with van der Waals surface area (Å²) in [5, 5.41) is 23.0. The fourth-order valence-electron chi connectivity index (χ4n) is 2.34. The molecule has 1 aromatic carbocycles. The van der Waals surface area contributed by atoms with E-state index in [2.05, 4.69) is 5.32 Å². The van der Waals surface area contributed by atoms with E-state index in [1.54, 1.807) is 18.2 Å². The number of hydrogen-bond acceptors (Lipinski definition) is 3. The van der Waals surface area contributed by atoms with Crippen LogP contribution in [0.2, 0.25) is 5.02 Å². The molecule has 2 atom stereocenters. The molecule has 1 fully saturated rings. The average Bonchev–Trinajstić information content (AvgIpc) is 2.69. The number of aliphatic hydroxyl groups excluding tert-OH is 1. The van der Waals surface area contributed by atoms with Crippen LogP contribution in [0.3, 0.4) is 0 Å². The molecule has 3 N–H and O–H groups in total. The maximum atomic E-state index is 9.63. The number of benzene rings is 1. The van der Waals surface area contributed by atoms with Gasteiger partial charge in [-0.15, -0.1) is 0 Å². The van der Waals surface area contributed by atoms with E-state index in [9.17, 15) is 10.2 Å². The molecule has 0 spiro atoms. The van der Waals surface area contributed by atoms with Gasteiger partial charge >= 0.3 is 0 Å². The van der Waals surface area contributed by atoms with Gasteiger partial charge in [-0.3, -0.25) is 0 Å². The Morgan fingerprint density at radius 1 is 1.35 bits per heavy atom. The monoisotopic (exact) mass is 255 g/mol. The summed E-state index contributed by atoms with van der Waals surface area (Å²) >= 11 is 5.87. The number of phenols is 1. The van der Waals surface area contributed by atoms with Gasteiger partial charge < -0.3 is 15.5 Å². The van der Waals surface area contributed by atoms with Crippen molar-refractivity contribution >= 4 is 11.6 Å². The number of aliphatic hydroxyl groups is 1. The number of rotatable bonds is 4. The van der Waals surface area contributed by atoms with Crippen LogP contribution in [-0.2, 0) is 6.54 Å². The number of aromatic hydroxyl groups is 1. The molecule has 0 radical (unpaired) electrons. The predicted octanol–water partition coefficient (Wildman–Crippen LogP) is 2.30. The predicted molar refractivity (Wildman–Crippen MR) is 68.2 cm³/mol. The van der Waals surface area contributed by atoms with Crippen molar-refractivity contribution in [1.82, 2.24) is 5.32 Å². The van der Waals surface area contributed by atoms with Gasteiger partial charge in [0.1, 0.15) is 5.75 Å². The lowest BCUT2D eigenvalue weighted by Gasteiger charge is -2.11. The third kappa shape index (κ3) is 3.60. The normalized spacial score (nSPS) is 24.1. The molecule has 0 aromatic heterocycles. The fraction of sp³-hybridized carbons (Fsp3) is 0.538. The second kappa shape index (κ2) is 5.71. The van der Waals surface area contributed by atoms with Gasteiger partial charge in [-0.05, 0) is 49.9 Å². The van der Waals surface area contributed by atoms with Gasteiger partial charge in [-0.2, -0.15) is 0 Å². The zero-order valence-electron chi connectivity index (χ0n) is 9.69. The minimum atomic E-state index is -0.124. The van der Waals surface area contributed by atoms with Crippen LogP contribution in [0.4, 0.5) is 0 Å². The van der Waals surface area contributed by atoms with Gasteiger partial charge in [0.25, 0.3) is 0 Å². The molecule has 4 heteroatoms. The van der Waals surface area contributed by atoms with Crippen LogP contribution in [0.1, 0.15) is 24.8 Å². The summed E-state index contributed by atoms with van der Waals surface area (Å²) in [6, 6.07) is 5.06. The van der Waals surface area contributed by atoms with Crippen molar-refractivity contribution in [3.63, 3.8) is 0 Å². The highest BCUT2D eigenvalue weighted by Gasteiger charge is 2.22. The molecule has 17 heavy (non-hydrogen) atoms. The van der Waals surface area contributed by atoms with Crippen molar-refractivity contribution in [2.24, 2.45) is 5.92 Å². The van der Waals surface area contributed by atoms with Gasteiger partial charge in [-0.25, -0.2) is 0 Å². The highest BCUT2D eigenvalue weighted by Crippen LogP contribution is 2.25. The van der Waals surface area contributed by atoms with E-state index in [1.165, 1.54) is 0 Å². The van der Waals surface area contributed by atoms with Crippen molar-refractivity contribution in [3.8, 4) is 5.75 Å². The van der Waals surface area contributed by atoms with E-state index in [-0.39, 0.29) is 11.9 Å². The third-order valence-electron chi connectivity index (χ3n) is 3.30. The maximum Gasteiger partial charge on any atom is 0.120 e. The smallest absolute Gasteiger partial charge is 0.120 e. The Kier molecular flexibility index (Phi) is 4.26. The maximum absolute atomic E-state index is 9.63. The van der Waals surface area contributed by atoms with Crippen LogP contribution in [0.25, 0.3) is 0 Å². The minimum absolute atomic E-state index is 0.124. The summed E-state index contributed by atoms with van der Waals surface area (Å²) in [6.07, 6.45) is 2.75. The molecule has 1 saturated carbocycles. The highest BCUT2D eigenvalue weighted by molar-refractivity contribution is 6.30. The summed E-state index contributed by atoms with van der Waals surface area (Å²) in [5.41, 5.74) is 0.816. The second-order valence-corrected chi connectivity index (χ2v) is 5.17. The first-order valence-corrected chi connectivity index (χ1v) is 6.39. The van der Waals surface area contributed by atoms with E-state index in [1.807, 2.05) is 0 Å². The van der Waals surface area contributed by atoms with Gasteiger partial charge in [0.15, 0.2) is 0 Å². The number of phenolic OH excluding ortho intramolecular Hbond substituents is 1. The lowest BCUT2D eigenvalue weighted by molar-refractivity contribution is 0.177. The lowest BCUT2D eigenvalue weighted by atomic mass is 10.1. The highest BCUT2D eigenvalue weighted by atomic mass is 35.5. The largest absolute Gasteiger partial charge is 0.508 e. The molecule has 3 nitrogen and oxygen atoms in total. The quantitative estimate of drug-likeness (QED) is 0.774. The Balaban J connectivity index is 1.80. The van der Waals surface area contributed by atoms with Crippen molar-refractivity contribution in [1.29, 1.82) is 0 Å². The van der Waals surface area contributed by atoms with Crippen molar-refractivity contribution < 1.29 is 10.2 Å². The van der Waals surface area contributed by atoms with Gasteiger partial charge in [-0.1, -0.05) is 11.6 Å². The molecule has 0 bridgehead atoms. The topological polar surface area (TPSA) is 52.5 Å². The first kappa shape index (κ1) is 12.7. The van der Waals surface area contributed by atoms with Crippen molar-refractivity contribution in [2.45, 2.75) is 31.9 Å². The lowest BCUT2D eigenvalue weighted by Crippen LogP contribution is -2.21. The Morgan fingerprint density at radius 3 is 2.88 bits per heavy atom. The molecular weight excluding hydrogens is 238 g/mol. The molecule has 0 heterocycles.